The van der Waals surface area contributed by atoms with Crippen molar-refractivity contribution in [1.29, 1.82) is 0 Å². The van der Waals surface area contributed by atoms with Gasteiger partial charge in [0.1, 0.15) is 0 Å². The summed E-state index contributed by atoms with van der Waals surface area (Å²) >= 11 is 0. The lowest BCUT2D eigenvalue weighted by Gasteiger charge is -2.44. The van der Waals surface area contributed by atoms with E-state index >= 15 is 0 Å². The highest BCUT2D eigenvalue weighted by atomic mass is 15.2. The third-order valence-electron chi connectivity index (χ3n) is 21.5. The van der Waals surface area contributed by atoms with Crippen molar-refractivity contribution in [2.45, 2.75) is 48.9 Å². The summed E-state index contributed by atoms with van der Waals surface area (Å²) in [6.07, 6.45) is 0.815. The van der Waals surface area contributed by atoms with Gasteiger partial charge in [0, 0.05) is 22.2 Å². The summed E-state index contributed by atoms with van der Waals surface area (Å²) in [6, 6.07) is 114. The van der Waals surface area contributed by atoms with E-state index in [9.17, 15) is 0 Å². The van der Waals surface area contributed by atoms with Gasteiger partial charge in [-0.05, 0) is 189 Å². The number of nitrogens with zero attached hydrogens (tertiary/aromatic N) is 2. The molecule has 2 heteroatoms. The van der Waals surface area contributed by atoms with Crippen molar-refractivity contribution in [3.63, 3.8) is 0 Å². The van der Waals surface area contributed by atoms with Gasteiger partial charge in [-0.3, -0.25) is 0 Å². The van der Waals surface area contributed by atoms with Crippen molar-refractivity contribution in [2.75, 3.05) is 9.80 Å². The second-order valence-electron chi connectivity index (χ2n) is 26.0. The molecule has 0 bridgehead atoms. The first kappa shape index (κ1) is 49.7. The Morgan fingerprint density at radius 2 is 0.545 bits per heavy atom. The second-order valence-corrected chi connectivity index (χ2v) is 26.0. The molecule has 1 unspecified atom stereocenters. The zero-order chi connectivity index (χ0) is 58.3. The molecule has 6 aliphatic rings. The van der Waals surface area contributed by atoms with E-state index in [1.165, 1.54) is 156 Å². The summed E-state index contributed by atoms with van der Waals surface area (Å²) in [5.74, 6) is 0. The number of anilines is 6. The third-order valence-corrected chi connectivity index (χ3v) is 21.5. The zero-order valence-corrected chi connectivity index (χ0v) is 49.4. The lowest BCUT2D eigenvalue weighted by molar-refractivity contribution is 0.560. The standard InChI is InChI=1S/C86H60N2/c1-83(2)72-32-14-18-36-79(72)87(80-37-19-15-33-73(80)83)57-44-41-55(42-45-57)56-43-48-65-62-25-8-13-31-71(62)86(77(65)51-56)70-30-12-7-24-61(70)64-47-40-54(50-76(64)86)53-84(3)74-34-16-20-38-81(74)88(82-39-21-17-35-75(82)84)58-46-49-66-63-26-6-11-29-69(63)85(78(66)52-58)67-27-9-4-22-59(67)60-23-5-10-28-68(60)85/h4-52H,53H2,1-3H3. The van der Waals surface area contributed by atoms with Crippen molar-refractivity contribution in [3.8, 4) is 55.6 Å². The Labute approximate surface area is 515 Å². The molecule has 0 saturated carbocycles. The Morgan fingerprint density at radius 3 is 1.01 bits per heavy atom. The molecule has 2 heterocycles. The van der Waals surface area contributed by atoms with Crippen LogP contribution in [0.5, 0.6) is 0 Å². The van der Waals surface area contributed by atoms with E-state index in [0.717, 1.165) is 12.1 Å². The molecule has 13 aromatic carbocycles. The molecule has 19 rings (SSSR count). The highest BCUT2D eigenvalue weighted by molar-refractivity contribution is 5.99. The summed E-state index contributed by atoms with van der Waals surface area (Å²) in [5, 5.41) is 0. The van der Waals surface area contributed by atoms with E-state index in [1.807, 2.05) is 0 Å². The van der Waals surface area contributed by atoms with Crippen LogP contribution in [0.2, 0.25) is 0 Å². The molecule has 1 atom stereocenters. The van der Waals surface area contributed by atoms with E-state index in [-0.39, 0.29) is 10.8 Å². The molecule has 0 fully saturated rings. The topological polar surface area (TPSA) is 6.48 Å². The number of para-hydroxylation sites is 4. The number of benzene rings is 13. The van der Waals surface area contributed by atoms with E-state index in [0.29, 0.717) is 0 Å². The van der Waals surface area contributed by atoms with Crippen LogP contribution < -0.4 is 9.80 Å². The van der Waals surface area contributed by atoms with Gasteiger partial charge in [0.2, 0.25) is 0 Å². The molecule has 414 valence electrons. The van der Waals surface area contributed by atoms with Crippen LogP contribution in [0.3, 0.4) is 0 Å². The van der Waals surface area contributed by atoms with Crippen LogP contribution in [-0.2, 0) is 28.1 Å². The smallest absolute Gasteiger partial charge is 0.0726 e. The van der Waals surface area contributed by atoms with E-state index in [1.54, 1.807) is 0 Å². The van der Waals surface area contributed by atoms with Crippen LogP contribution in [0.15, 0.2) is 297 Å². The average Bonchev–Trinajstić information content (AvgIpc) is 1.87. The van der Waals surface area contributed by atoms with Crippen molar-refractivity contribution < 1.29 is 0 Å². The van der Waals surface area contributed by atoms with Crippen LogP contribution in [0.4, 0.5) is 34.1 Å². The van der Waals surface area contributed by atoms with Crippen molar-refractivity contribution in [3.05, 3.63) is 370 Å². The van der Waals surface area contributed by atoms with E-state index in [2.05, 4.69) is 328 Å². The van der Waals surface area contributed by atoms with Gasteiger partial charge in [-0.15, -0.1) is 0 Å². The lowest BCUT2D eigenvalue weighted by atomic mass is 9.67. The molecular weight excluding hydrogens is 1060 g/mol. The molecule has 0 N–H and O–H groups in total. The van der Waals surface area contributed by atoms with Gasteiger partial charge in [-0.1, -0.05) is 263 Å². The van der Waals surface area contributed by atoms with Crippen molar-refractivity contribution in [2.24, 2.45) is 0 Å². The summed E-state index contributed by atoms with van der Waals surface area (Å²) in [5.41, 5.74) is 36.2. The van der Waals surface area contributed by atoms with E-state index in [4.69, 9.17) is 0 Å². The fourth-order valence-corrected chi connectivity index (χ4v) is 17.9. The molecule has 13 aromatic rings. The van der Waals surface area contributed by atoms with E-state index < -0.39 is 10.8 Å². The van der Waals surface area contributed by atoms with Crippen LogP contribution in [0.25, 0.3) is 55.6 Å². The summed E-state index contributed by atoms with van der Waals surface area (Å²) < 4.78 is 0. The van der Waals surface area contributed by atoms with Gasteiger partial charge in [0.15, 0.2) is 0 Å². The van der Waals surface area contributed by atoms with Gasteiger partial charge in [-0.2, -0.15) is 0 Å². The van der Waals surface area contributed by atoms with Crippen LogP contribution in [0, 0.1) is 0 Å². The molecule has 2 aliphatic heterocycles. The number of rotatable bonds is 5. The minimum Gasteiger partial charge on any atom is -0.310 e. The number of fused-ring (bicyclic) bond motifs is 24. The quantitative estimate of drug-likeness (QED) is 0.169. The molecule has 2 spiro atoms. The highest BCUT2D eigenvalue weighted by Crippen LogP contribution is 2.66. The number of hydrogen-bond donors (Lipinski definition) is 0. The van der Waals surface area contributed by atoms with Gasteiger partial charge in [0.25, 0.3) is 0 Å². The van der Waals surface area contributed by atoms with Crippen molar-refractivity contribution in [1.82, 2.24) is 0 Å². The second kappa shape index (κ2) is 17.8. The van der Waals surface area contributed by atoms with Crippen LogP contribution >= 0.6 is 0 Å². The minimum absolute atomic E-state index is 0.117. The first-order valence-corrected chi connectivity index (χ1v) is 31.3. The van der Waals surface area contributed by atoms with Crippen LogP contribution in [0.1, 0.15) is 93.1 Å². The molecule has 88 heavy (non-hydrogen) atoms. The fraction of sp³-hybridized carbons (Fsp3) is 0.0930. The molecule has 0 radical (unpaired) electrons. The lowest BCUT2D eigenvalue weighted by Crippen LogP contribution is -2.35. The van der Waals surface area contributed by atoms with Gasteiger partial charge in [0.05, 0.1) is 33.6 Å². The maximum atomic E-state index is 2.61. The molecular formula is C86H60N2. The summed E-state index contributed by atoms with van der Waals surface area (Å²) in [4.78, 5) is 5.02. The largest absolute Gasteiger partial charge is 0.310 e. The zero-order valence-electron chi connectivity index (χ0n) is 49.4. The molecule has 0 saturated heterocycles. The highest BCUT2D eigenvalue weighted by Gasteiger charge is 2.54. The van der Waals surface area contributed by atoms with Gasteiger partial charge >= 0.3 is 0 Å². The predicted octanol–water partition coefficient (Wildman–Crippen LogP) is 21.5. The normalized spacial score (nSPS) is 16.9. The molecule has 4 aliphatic carbocycles. The Morgan fingerprint density at radius 1 is 0.239 bits per heavy atom. The third kappa shape index (κ3) is 6.26. The maximum Gasteiger partial charge on any atom is 0.0726 e. The first-order chi connectivity index (χ1) is 43.3. The maximum absolute atomic E-state index is 2.61. The fourth-order valence-electron chi connectivity index (χ4n) is 17.9. The predicted molar refractivity (Wildman–Crippen MR) is 363 cm³/mol. The summed E-state index contributed by atoms with van der Waals surface area (Å²) in [7, 11) is 0. The monoisotopic (exact) mass is 1120 g/mol. The van der Waals surface area contributed by atoms with Gasteiger partial charge in [-0.25, -0.2) is 0 Å². The SMILES string of the molecule is CC1(C)c2ccccc2N(c2ccc(-c3ccc4c(c3)C3(c5ccccc5-c5ccc(CC6(C)c7ccccc7N(c7ccc8c(c7)C7(c9ccccc9-c9ccccc97)c7ccccc7-8)c7ccccc76)cc53)c3ccccc3-4)cc2)c2ccccc21. The molecule has 2 nitrogen and oxygen atoms in total. The molecule has 0 amide bonds. The van der Waals surface area contributed by atoms with Gasteiger partial charge < -0.3 is 9.80 Å². The number of hydrogen-bond acceptors (Lipinski definition) is 2. The van der Waals surface area contributed by atoms with Crippen LogP contribution in [-0.4, -0.2) is 0 Å². The Hall–Kier alpha value is -10.5. The Kier molecular flexibility index (Phi) is 10.0. The first-order valence-electron chi connectivity index (χ1n) is 31.3. The minimum atomic E-state index is -0.525. The summed E-state index contributed by atoms with van der Waals surface area (Å²) in [6.45, 7) is 7.21. The molecule has 0 aromatic heterocycles. The van der Waals surface area contributed by atoms with Crippen molar-refractivity contribution >= 4 is 34.1 Å². The Bertz CT molecular complexity index is 4980. The average molecular weight is 1120 g/mol. The Balaban J connectivity index is 0.733.